The molecule has 3 aliphatic heterocycles. The van der Waals surface area contributed by atoms with Gasteiger partial charge in [0.05, 0.1) is 19.8 Å². The lowest BCUT2D eigenvalue weighted by Crippen LogP contribution is -2.44. The van der Waals surface area contributed by atoms with Crippen molar-refractivity contribution in [3.05, 3.63) is 24.4 Å². The highest BCUT2D eigenvalue weighted by molar-refractivity contribution is 7.89. The molecular weight excluding hydrogens is 394 g/mol. The van der Waals surface area contributed by atoms with Crippen LogP contribution in [-0.2, 0) is 24.3 Å². The molecule has 0 amide bonds. The van der Waals surface area contributed by atoms with Gasteiger partial charge in [-0.3, -0.25) is 9.69 Å². The molecule has 4 rings (SSSR count). The van der Waals surface area contributed by atoms with E-state index in [4.69, 9.17) is 9.47 Å². The van der Waals surface area contributed by atoms with E-state index in [1.165, 1.54) is 13.3 Å². The normalized spacial score (nSPS) is 28.0. The monoisotopic (exact) mass is 423 g/mol. The first-order valence-electron chi connectivity index (χ1n) is 10.3. The van der Waals surface area contributed by atoms with Gasteiger partial charge in [0.1, 0.15) is 6.04 Å². The first-order valence-corrected chi connectivity index (χ1v) is 11.7. The number of ether oxygens (including phenoxy) is 2. The minimum Gasteiger partial charge on any atom is -0.468 e. The second-order valence-corrected chi connectivity index (χ2v) is 10.3. The van der Waals surface area contributed by atoms with Gasteiger partial charge in [-0.15, -0.1) is 0 Å². The Balaban J connectivity index is 1.34. The number of piperidine rings is 1. The molecular formula is C20H29N3O5S. The Morgan fingerprint density at radius 3 is 2.79 bits per heavy atom. The van der Waals surface area contributed by atoms with Gasteiger partial charge in [-0.05, 0) is 56.2 Å². The molecule has 0 aromatic carbocycles. The predicted molar refractivity (Wildman–Crippen MR) is 106 cm³/mol. The molecule has 0 aliphatic carbocycles. The first-order chi connectivity index (χ1) is 13.9. The van der Waals surface area contributed by atoms with E-state index in [9.17, 15) is 13.2 Å². The van der Waals surface area contributed by atoms with E-state index in [2.05, 4.69) is 9.88 Å². The van der Waals surface area contributed by atoms with Crippen LogP contribution in [0.3, 0.4) is 0 Å². The van der Waals surface area contributed by atoms with Gasteiger partial charge < -0.3 is 9.47 Å². The zero-order valence-electron chi connectivity index (χ0n) is 16.8. The van der Waals surface area contributed by atoms with Gasteiger partial charge in [0, 0.05) is 25.8 Å². The lowest BCUT2D eigenvalue weighted by Gasteiger charge is -2.37. The van der Waals surface area contributed by atoms with Crippen LogP contribution in [-0.4, -0.2) is 80.6 Å². The Kier molecular flexibility index (Phi) is 5.92. The van der Waals surface area contributed by atoms with Crippen molar-refractivity contribution in [2.45, 2.75) is 49.3 Å². The van der Waals surface area contributed by atoms with Crippen LogP contribution in [0.4, 0.5) is 0 Å². The minimum absolute atomic E-state index is 0.0291. The van der Waals surface area contributed by atoms with Crippen LogP contribution < -0.4 is 0 Å². The van der Waals surface area contributed by atoms with Crippen molar-refractivity contribution >= 4 is 16.0 Å². The van der Waals surface area contributed by atoms with E-state index in [-0.39, 0.29) is 28.6 Å². The number of aromatic nitrogens is 1. The summed E-state index contributed by atoms with van der Waals surface area (Å²) < 4.78 is 38.2. The molecule has 3 saturated heterocycles. The van der Waals surface area contributed by atoms with Crippen molar-refractivity contribution in [1.82, 2.24) is 14.2 Å². The van der Waals surface area contributed by atoms with Gasteiger partial charge in [-0.1, -0.05) is 6.07 Å². The fourth-order valence-corrected chi connectivity index (χ4v) is 6.28. The van der Waals surface area contributed by atoms with Crippen molar-refractivity contribution in [2.24, 2.45) is 5.41 Å². The number of carbonyl (C=O) groups excluding carboxylic acids is 1. The predicted octanol–water partition coefficient (Wildman–Crippen LogP) is 1.28. The number of hydrogen-bond acceptors (Lipinski definition) is 7. The zero-order valence-corrected chi connectivity index (χ0v) is 17.6. The molecule has 9 heteroatoms. The van der Waals surface area contributed by atoms with Gasteiger partial charge in [-0.2, -0.15) is 4.31 Å². The number of sulfonamides is 1. The minimum atomic E-state index is -3.54. The fourth-order valence-electron chi connectivity index (χ4n) is 4.90. The van der Waals surface area contributed by atoms with Gasteiger partial charge in [0.2, 0.25) is 0 Å². The molecule has 0 bridgehead atoms. The maximum absolute atomic E-state index is 12.8. The van der Waals surface area contributed by atoms with Gasteiger partial charge in [0.25, 0.3) is 10.0 Å². The Morgan fingerprint density at radius 2 is 2.10 bits per heavy atom. The highest BCUT2D eigenvalue weighted by Gasteiger charge is 2.45. The van der Waals surface area contributed by atoms with Crippen LogP contribution in [0.5, 0.6) is 0 Å². The van der Waals surface area contributed by atoms with E-state index >= 15 is 0 Å². The SMILES string of the molecule is COC(=O)[C@H]1CCCN1C[C@H]1CC2(CCN(S(=O)(=O)c3ccccn3)CC2)CO1. The summed E-state index contributed by atoms with van der Waals surface area (Å²) in [5.41, 5.74) is 0.0291. The maximum atomic E-state index is 12.8. The van der Waals surface area contributed by atoms with E-state index < -0.39 is 10.0 Å². The van der Waals surface area contributed by atoms with E-state index in [1.807, 2.05) is 0 Å². The summed E-state index contributed by atoms with van der Waals surface area (Å²) in [5, 5.41) is 0.111. The zero-order chi connectivity index (χ0) is 20.5. The Bertz CT molecular complexity index is 824. The van der Waals surface area contributed by atoms with Crippen LogP contribution >= 0.6 is 0 Å². The number of esters is 1. The summed E-state index contributed by atoms with van der Waals surface area (Å²) in [6.07, 6.45) is 5.91. The number of pyridine rings is 1. The average Bonchev–Trinajstić information content (AvgIpc) is 3.36. The summed E-state index contributed by atoms with van der Waals surface area (Å²) in [4.78, 5) is 18.2. The smallest absolute Gasteiger partial charge is 0.323 e. The van der Waals surface area contributed by atoms with Gasteiger partial charge in [-0.25, -0.2) is 13.4 Å². The third-order valence-electron chi connectivity index (χ3n) is 6.59. The molecule has 1 spiro atoms. The highest BCUT2D eigenvalue weighted by atomic mass is 32.2. The second-order valence-electron chi connectivity index (χ2n) is 8.39. The van der Waals surface area contributed by atoms with E-state index in [1.54, 1.807) is 22.5 Å². The molecule has 0 N–H and O–H groups in total. The number of carbonyl (C=O) groups is 1. The van der Waals surface area contributed by atoms with E-state index in [0.29, 0.717) is 19.7 Å². The molecule has 2 atom stereocenters. The first kappa shape index (κ1) is 20.7. The van der Waals surface area contributed by atoms with Crippen molar-refractivity contribution < 1.29 is 22.7 Å². The maximum Gasteiger partial charge on any atom is 0.323 e. The van der Waals surface area contributed by atoms with Gasteiger partial charge >= 0.3 is 5.97 Å². The largest absolute Gasteiger partial charge is 0.468 e. The third-order valence-corrected chi connectivity index (χ3v) is 8.40. The van der Waals surface area contributed by atoms with Crippen molar-refractivity contribution in [1.29, 1.82) is 0 Å². The fraction of sp³-hybridized carbons (Fsp3) is 0.700. The lowest BCUT2D eigenvalue weighted by atomic mass is 9.77. The van der Waals surface area contributed by atoms with Crippen LogP contribution in [0.1, 0.15) is 32.1 Å². The molecule has 0 radical (unpaired) electrons. The summed E-state index contributed by atoms with van der Waals surface area (Å²) in [5.74, 6) is -0.164. The molecule has 1 aromatic rings. The highest BCUT2D eigenvalue weighted by Crippen LogP contribution is 2.43. The summed E-state index contributed by atoms with van der Waals surface area (Å²) >= 11 is 0. The molecule has 0 unspecified atom stereocenters. The standard InChI is InChI=1S/C20H29N3O5S/c1-27-19(24)17-5-4-10-22(17)14-16-13-20(15-28-16)7-11-23(12-8-20)29(25,26)18-6-2-3-9-21-18/h2-3,6,9,16-17H,4-5,7-8,10-15H2,1H3/t16-,17-/m1/s1. The quantitative estimate of drug-likeness (QED) is 0.659. The number of likely N-dealkylation sites (tertiary alicyclic amines) is 1. The number of rotatable bonds is 5. The topological polar surface area (TPSA) is 89.0 Å². The molecule has 0 saturated carbocycles. The van der Waals surface area contributed by atoms with Crippen molar-refractivity contribution in [3.8, 4) is 0 Å². The van der Waals surface area contributed by atoms with Crippen LogP contribution in [0.15, 0.2) is 29.4 Å². The Labute approximate surface area is 172 Å². The molecule has 29 heavy (non-hydrogen) atoms. The Morgan fingerprint density at radius 1 is 1.31 bits per heavy atom. The average molecular weight is 424 g/mol. The molecule has 3 fully saturated rings. The van der Waals surface area contributed by atoms with Crippen molar-refractivity contribution in [3.63, 3.8) is 0 Å². The van der Waals surface area contributed by atoms with Crippen molar-refractivity contribution in [2.75, 3.05) is 39.9 Å². The van der Waals surface area contributed by atoms with Gasteiger partial charge in [0.15, 0.2) is 5.03 Å². The van der Waals surface area contributed by atoms with E-state index in [0.717, 1.165) is 45.2 Å². The number of methoxy groups -OCH3 is 1. The molecule has 8 nitrogen and oxygen atoms in total. The second kappa shape index (κ2) is 8.29. The summed E-state index contributed by atoms with van der Waals surface area (Å²) in [6, 6.07) is 4.79. The lowest BCUT2D eigenvalue weighted by molar-refractivity contribution is -0.146. The van der Waals surface area contributed by atoms with Crippen LogP contribution in [0.25, 0.3) is 0 Å². The number of nitrogens with zero attached hydrogens (tertiary/aromatic N) is 3. The van der Waals surface area contributed by atoms with Crippen LogP contribution in [0, 0.1) is 5.41 Å². The molecule has 3 aliphatic rings. The molecule has 4 heterocycles. The summed E-state index contributed by atoms with van der Waals surface area (Å²) in [6.45, 7) is 3.26. The van der Waals surface area contributed by atoms with Crippen LogP contribution in [0.2, 0.25) is 0 Å². The third kappa shape index (κ3) is 4.19. The molecule has 1 aromatic heterocycles. The number of hydrogen-bond donors (Lipinski definition) is 0. The molecule has 160 valence electrons. The summed E-state index contributed by atoms with van der Waals surface area (Å²) in [7, 11) is -2.10. The Hall–Kier alpha value is -1.55.